The van der Waals surface area contributed by atoms with Crippen molar-refractivity contribution >= 4 is 29.9 Å². The van der Waals surface area contributed by atoms with Gasteiger partial charge in [0.2, 0.25) is 0 Å². The standard InChI is InChI=1S/C18H30N4O.HI/c1-14-5-9-16(10-6-14)23-12-11-20-18(19-2)21-13-17(22(3)4)15-7-8-15;/h5-6,9-10,15,17H,7-8,11-13H2,1-4H3,(H2,19,20,21);1H. The maximum atomic E-state index is 5.71. The number of nitrogens with one attached hydrogen (secondary N) is 2. The Morgan fingerprint density at radius 1 is 1.25 bits per heavy atom. The normalized spacial score (nSPS) is 15.6. The first-order valence-electron chi connectivity index (χ1n) is 8.40. The highest BCUT2D eigenvalue weighted by atomic mass is 127. The molecule has 5 nitrogen and oxygen atoms in total. The Hall–Kier alpha value is -1.02. The lowest BCUT2D eigenvalue weighted by molar-refractivity contribution is 0.263. The predicted octanol–water partition coefficient (Wildman–Crippen LogP) is 2.50. The maximum Gasteiger partial charge on any atom is 0.191 e. The van der Waals surface area contributed by atoms with Gasteiger partial charge in [0, 0.05) is 19.6 Å². The number of guanidine groups is 1. The van der Waals surface area contributed by atoms with E-state index in [4.69, 9.17) is 4.74 Å². The van der Waals surface area contributed by atoms with E-state index in [2.05, 4.69) is 53.7 Å². The highest BCUT2D eigenvalue weighted by Gasteiger charge is 2.32. The lowest BCUT2D eigenvalue weighted by Crippen LogP contribution is -2.46. The molecule has 1 unspecified atom stereocenters. The number of aryl methyl sites for hydroxylation is 1. The Morgan fingerprint density at radius 3 is 2.46 bits per heavy atom. The van der Waals surface area contributed by atoms with Crippen molar-refractivity contribution in [1.82, 2.24) is 15.5 Å². The van der Waals surface area contributed by atoms with Gasteiger partial charge in [-0.05, 0) is 51.9 Å². The van der Waals surface area contributed by atoms with Crippen LogP contribution < -0.4 is 15.4 Å². The summed E-state index contributed by atoms with van der Waals surface area (Å²) in [6.07, 6.45) is 2.70. The number of likely N-dealkylation sites (N-methyl/N-ethyl adjacent to an activating group) is 1. The van der Waals surface area contributed by atoms with E-state index in [1.807, 2.05) is 12.1 Å². The number of nitrogens with zero attached hydrogens (tertiary/aromatic N) is 2. The van der Waals surface area contributed by atoms with E-state index in [9.17, 15) is 0 Å². The fraction of sp³-hybridized carbons (Fsp3) is 0.611. The van der Waals surface area contributed by atoms with Crippen LogP contribution in [0.3, 0.4) is 0 Å². The molecule has 2 N–H and O–H groups in total. The molecule has 1 atom stereocenters. The lowest BCUT2D eigenvalue weighted by atomic mass is 10.1. The van der Waals surface area contributed by atoms with E-state index < -0.39 is 0 Å². The number of hydrogen-bond acceptors (Lipinski definition) is 3. The molecular weight excluding hydrogens is 415 g/mol. The predicted molar refractivity (Wildman–Crippen MR) is 112 cm³/mol. The topological polar surface area (TPSA) is 48.9 Å². The zero-order valence-electron chi connectivity index (χ0n) is 15.2. The number of ether oxygens (including phenoxy) is 1. The fourth-order valence-electron chi connectivity index (χ4n) is 2.65. The first-order valence-corrected chi connectivity index (χ1v) is 8.40. The quantitative estimate of drug-likeness (QED) is 0.279. The van der Waals surface area contributed by atoms with E-state index in [1.165, 1.54) is 18.4 Å². The Bertz CT molecular complexity index is 498. The molecule has 136 valence electrons. The summed E-state index contributed by atoms with van der Waals surface area (Å²) in [4.78, 5) is 6.58. The van der Waals surface area contributed by atoms with Gasteiger partial charge in [-0.15, -0.1) is 24.0 Å². The van der Waals surface area contributed by atoms with Crippen LogP contribution >= 0.6 is 24.0 Å². The maximum absolute atomic E-state index is 5.71. The highest BCUT2D eigenvalue weighted by Crippen LogP contribution is 2.34. The van der Waals surface area contributed by atoms with Gasteiger partial charge in [-0.2, -0.15) is 0 Å². The third kappa shape index (κ3) is 7.25. The third-order valence-electron chi connectivity index (χ3n) is 4.22. The van der Waals surface area contributed by atoms with Crippen LogP contribution in [-0.2, 0) is 0 Å². The zero-order chi connectivity index (χ0) is 16.7. The van der Waals surface area contributed by atoms with Crippen LogP contribution in [-0.4, -0.2) is 57.7 Å². The van der Waals surface area contributed by atoms with Crippen LogP contribution in [0.1, 0.15) is 18.4 Å². The second-order valence-corrected chi connectivity index (χ2v) is 6.41. The molecule has 0 amide bonds. The summed E-state index contributed by atoms with van der Waals surface area (Å²) >= 11 is 0. The minimum absolute atomic E-state index is 0. The van der Waals surface area contributed by atoms with Crippen molar-refractivity contribution in [3.63, 3.8) is 0 Å². The smallest absolute Gasteiger partial charge is 0.191 e. The average molecular weight is 446 g/mol. The molecule has 0 aromatic heterocycles. The second kappa shape index (κ2) is 10.8. The molecule has 6 heteroatoms. The van der Waals surface area contributed by atoms with Gasteiger partial charge in [-0.1, -0.05) is 17.7 Å². The fourth-order valence-corrected chi connectivity index (χ4v) is 2.65. The Morgan fingerprint density at radius 2 is 1.92 bits per heavy atom. The van der Waals surface area contributed by atoms with E-state index in [1.54, 1.807) is 7.05 Å². The molecule has 2 rings (SSSR count). The summed E-state index contributed by atoms with van der Waals surface area (Å²) < 4.78 is 5.71. The number of aliphatic imine (C=N–C) groups is 1. The summed E-state index contributed by atoms with van der Waals surface area (Å²) in [5, 5.41) is 6.72. The van der Waals surface area contributed by atoms with Gasteiger partial charge in [-0.25, -0.2) is 0 Å². The molecule has 24 heavy (non-hydrogen) atoms. The lowest BCUT2D eigenvalue weighted by Gasteiger charge is -2.25. The van der Waals surface area contributed by atoms with Crippen molar-refractivity contribution in [1.29, 1.82) is 0 Å². The van der Waals surface area contributed by atoms with Crippen LogP contribution in [0.4, 0.5) is 0 Å². The van der Waals surface area contributed by atoms with Crippen molar-refractivity contribution < 1.29 is 4.74 Å². The Balaban J connectivity index is 0.00000288. The summed E-state index contributed by atoms with van der Waals surface area (Å²) in [6, 6.07) is 8.70. The molecule has 1 aromatic rings. The third-order valence-corrected chi connectivity index (χ3v) is 4.22. The molecule has 0 saturated heterocycles. The van der Waals surface area contributed by atoms with E-state index in [0.29, 0.717) is 12.6 Å². The molecule has 0 heterocycles. The van der Waals surface area contributed by atoms with Gasteiger partial charge in [0.1, 0.15) is 12.4 Å². The van der Waals surface area contributed by atoms with Gasteiger partial charge in [0.15, 0.2) is 5.96 Å². The van der Waals surface area contributed by atoms with E-state index in [0.717, 1.165) is 30.7 Å². The van der Waals surface area contributed by atoms with Crippen molar-refractivity contribution in [2.75, 3.05) is 40.8 Å². The van der Waals surface area contributed by atoms with Crippen LogP contribution in [0.5, 0.6) is 5.75 Å². The minimum atomic E-state index is 0. The molecule has 0 spiro atoms. The van der Waals surface area contributed by atoms with Crippen molar-refractivity contribution in [2.45, 2.75) is 25.8 Å². The Kier molecular flexibility index (Phi) is 9.43. The molecule has 0 radical (unpaired) electrons. The van der Waals surface area contributed by atoms with Crippen molar-refractivity contribution in [2.24, 2.45) is 10.9 Å². The minimum Gasteiger partial charge on any atom is -0.492 e. The number of halogens is 1. The van der Waals surface area contributed by atoms with Gasteiger partial charge >= 0.3 is 0 Å². The van der Waals surface area contributed by atoms with Crippen molar-refractivity contribution in [3.05, 3.63) is 29.8 Å². The first kappa shape index (κ1) is 21.0. The second-order valence-electron chi connectivity index (χ2n) is 6.41. The Labute approximate surface area is 163 Å². The van der Waals surface area contributed by atoms with Gasteiger partial charge < -0.3 is 20.3 Å². The number of rotatable bonds is 8. The highest BCUT2D eigenvalue weighted by molar-refractivity contribution is 14.0. The van der Waals surface area contributed by atoms with Gasteiger partial charge in [0.25, 0.3) is 0 Å². The molecule has 1 aliphatic rings. The largest absolute Gasteiger partial charge is 0.492 e. The summed E-state index contributed by atoms with van der Waals surface area (Å²) in [5.74, 6) is 2.58. The molecule has 1 fully saturated rings. The average Bonchev–Trinajstić information content (AvgIpc) is 3.36. The van der Waals surface area contributed by atoms with Crippen LogP contribution in [0.15, 0.2) is 29.3 Å². The first-order chi connectivity index (χ1) is 11.1. The molecular formula is C18H31IN4O. The molecule has 1 saturated carbocycles. The summed E-state index contributed by atoms with van der Waals surface area (Å²) in [7, 11) is 6.10. The molecule has 1 aliphatic carbocycles. The SMILES string of the molecule is CN=C(NCCOc1ccc(C)cc1)NCC(C1CC1)N(C)C.I. The molecule has 0 aliphatic heterocycles. The van der Waals surface area contributed by atoms with E-state index >= 15 is 0 Å². The van der Waals surface area contributed by atoms with Gasteiger partial charge in [-0.3, -0.25) is 4.99 Å². The summed E-state index contributed by atoms with van der Waals surface area (Å²) in [5.41, 5.74) is 1.24. The monoisotopic (exact) mass is 446 g/mol. The summed E-state index contributed by atoms with van der Waals surface area (Å²) in [6.45, 7) is 4.34. The number of benzene rings is 1. The van der Waals surface area contributed by atoms with Crippen molar-refractivity contribution in [3.8, 4) is 5.75 Å². The van der Waals surface area contributed by atoms with Crippen LogP contribution in [0, 0.1) is 12.8 Å². The van der Waals surface area contributed by atoms with Crippen LogP contribution in [0.2, 0.25) is 0 Å². The van der Waals surface area contributed by atoms with E-state index in [-0.39, 0.29) is 24.0 Å². The molecule has 1 aromatic carbocycles. The zero-order valence-corrected chi connectivity index (χ0v) is 17.5. The van der Waals surface area contributed by atoms with Crippen LogP contribution in [0.25, 0.3) is 0 Å². The number of hydrogen-bond donors (Lipinski definition) is 2. The molecule has 0 bridgehead atoms. The van der Waals surface area contributed by atoms with Gasteiger partial charge in [0.05, 0.1) is 6.54 Å².